The summed E-state index contributed by atoms with van der Waals surface area (Å²) in [6, 6.07) is 7.90. The minimum atomic E-state index is -0.0580. The van der Waals surface area contributed by atoms with Crippen LogP contribution in [0.3, 0.4) is 0 Å². The number of carbonyl (C=O) groups is 1. The highest BCUT2D eigenvalue weighted by atomic mass is 32.2. The molecule has 1 unspecified atom stereocenters. The Bertz CT molecular complexity index is 456. The van der Waals surface area contributed by atoms with Crippen molar-refractivity contribution >= 4 is 23.4 Å². The van der Waals surface area contributed by atoms with Crippen LogP contribution in [0.1, 0.15) is 26.7 Å². The van der Waals surface area contributed by atoms with Gasteiger partial charge in [-0.05, 0) is 57.2 Å². The summed E-state index contributed by atoms with van der Waals surface area (Å²) in [7, 11) is 0. The molecule has 0 bridgehead atoms. The number of para-hydroxylation sites is 1. The Balaban J connectivity index is 1.97. The molecule has 4 heteroatoms. The van der Waals surface area contributed by atoms with Gasteiger partial charge < -0.3 is 5.32 Å². The molecule has 0 aliphatic carbocycles. The zero-order valence-corrected chi connectivity index (χ0v) is 13.4. The van der Waals surface area contributed by atoms with Gasteiger partial charge in [0.15, 0.2) is 0 Å². The van der Waals surface area contributed by atoms with E-state index < -0.39 is 0 Å². The van der Waals surface area contributed by atoms with E-state index in [1.54, 1.807) is 11.8 Å². The van der Waals surface area contributed by atoms with Crippen LogP contribution in [0.2, 0.25) is 0 Å². The van der Waals surface area contributed by atoms with Crippen LogP contribution in [0.25, 0.3) is 0 Å². The number of nitrogens with one attached hydrogen (secondary N) is 1. The third kappa shape index (κ3) is 3.76. The lowest BCUT2D eigenvalue weighted by molar-refractivity contribution is -0.121. The van der Waals surface area contributed by atoms with E-state index in [-0.39, 0.29) is 11.9 Å². The van der Waals surface area contributed by atoms with Gasteiger partial charge in [-0.25, -0.2) is 0 Å². The van der Waals surface area contributed by atoms with Crippen molar-refractivity contribution in [3.8, 4) is 0 Å². The van der Waals surface area contributed by atoms with Gasteiger partial charge in [0.2, 0.25) is 5.91 Å². The second-order valence-corrected chi connectivity index (χ2v) is 6.43. The highest BCUT2D eigenvalue weighted by molar-refractivity contribution is 7.98. The Hall–Kier alpha value is -1.00. The van der Waals surface area contributed by atoms with Gasteiger partial charge in [-0.15, -0.1) is 11.8 Å². The molecule has 1 aliphatic rings. The summed E-state index contributed by atoms with van der Waals surface area (Å²) in [5, 5.41) is 3.07. The predicted octanol–water partition coefficient (Wildman–Crippen LogP) is 3.47. The van der Waals surface area contributed by atoms with E-state index in [4.69, 9.17) is 0 Å². The molecule has 1 aromatic carbocycles. The van der Waals surface area contributed by atoms with Crippen molar-refractivity contribution in [3.63, 3.8) is 0 Å². The van der Waals surface area contributed by atoms with Crippen molar-refractivity contribution < 1.29 is 4.79 Å². The Morgan fingerprint density at radius 1 is 1.35 bits per heavy atom. The fourth-order valence-corrected chi connectivity index (χ4v) is 3.12. The maximum Gasteiger partial charge on any atom is 0.241 e. The predicted molar refractivity (Wildman–Crippen MR) is 86.3 cm³/mol. The van der Waals surface area contributed by atoms with Gasteiger partial charge in [0, 0.05) is 4.90 Å². The van der Waals surface area contributed by atoms with E-state index in [1.165, 1.54) is 12.8 Å². The molecule has 0 spiro atoms. The summed E-state index contributed by atoms with van der Waals surface area (Å²) in [6.07, 6.45) is 4.42. The number of amides is 1. The monoisotopic (exact) mass is 292 g/mol. The van der Waals surface area contributed by atoms with E-state index in [1.807, 2.05) is 37.4 Å². The van der Waals surface area contributed by atoms with Gasteiger partial charge in [-0.3, -0.25) is 9.69 Å². The Morgan fingerprint density at radius 2 is 2.00 bits per heavy atom. The number of benzene rings is 1. The second kappa shape index (κ2) is 7.14. The lowest BCUT2D eigenvalue weighted by Gasteiger charge is -2.34. The molecule has 1 fully saturated rings. The highest BCUT2D eigenvalue weighted by Gasteiger charge is 2.25. The Morgan fingerprint density at radius 3 is 2.65 bits per heavy atom. The van der Waals surface area contributed by atoms with Gasteiger partial charge in [-0.2, -0.15) is 0 Å². The number of thioether (sulfide) groups is 1. The van der Waals surface area contributed by atoms with Gasteiger partial charge in [0.25, 0.3) is 0 Å². The molecule has 0 radical (unpaired) electrons. The summed E-state index contributed by atoms with van der Waals surface area (Å²) in [5.41, 5.74) is 0.919. The van der Waals surface area contributed by atoms with Crippen LogP contribution in [-0.2, 0) is 4.79 Å². The van der Waals surface area contributed by atoms with Crippen molar-refractivity contribution in [2.75, 3.05) is 24.7 Å². The first-order valence-corrected chi connectivity index (χ1v) is 8.52. The summed E-state index contributed by atoms with van der Waals surface area (Å²) in [5.74, 6) is 0.889. The molecule has 1 aromatic rings. The Kier molecular flexibility index (Phi) is 5.49. The smallest absolute Gasteiger partial charge is 0.241 e. The fourth-order valence-electron chi connectivity index (χ4n) is 2.57. The zero-order valence-electron chi connectivity index (χ0n) is 12.6. The number of carbonyl (C=O) groups excluding carboxylic acids is 1. The molecule has 20 heavy (non-hydrogen) atoms. The number of rotatable bonds is 4. The van der Waals surface area contributed by atoms with E-state index in [0.29, 0.717) is 0 Å². The van der Waals surface area contributed by atoms with Gasteiger partial charge in [-0.1, -0.05) is 19.1 Å². The quantitative estimate of drug-likeness (QED) is 0.863. The summed E-state index contributed by atoms with van der Waals surface area (Å²) < 4.78 is 0. The third-order valence-corrected chi connectivity index (χ3v) is 4.91. The van der Waals surface area contributed by atoms with E-state index in [2.05, 4.69) is 17.1 Å². The largest absolute Gasteiger partial charge is 0.324 e. The van der Waals surface area contributed by atoms with Gasteiger partial charge >= 0.3 is 0 Å². The van der Waals surface area contributed by atoms with Crippen molar-refractivity contribution in [3.05, 3.63) is 24.3 Å². The normalized spacial score (nSPS) is 18.8. The van der Waals surface area contributed by atoms with E-state index in [0.717, 1.165) is 29.6 Å². The fraction of sp³-hybridized carbons (Fsp3) is 0.562. The van der Waals surface area contributed by atoms with Crippen molar-refractivity contribution in [2.24, 2.45) is 5.92 Å². The maximum absolute atomic E-state index is 12.4. The topological polar surface area (TPSA) is 32.3 Å². The average molecular weight is 292 g/mol. The first kappa shape index (κ1) is 15.4. The third-order valence-electron chi connectivity index (χ3n) is 4.11. The molecule has 110 valence electrons. The highest BCUT2D eigenvalue weighted by Crippen LogP contribution is 2.25. The average Bonchev–Trinajstić information content (AvgIpc) is 2.48. The minimum absolute atomic E-state index is 0.0580. The van der Waals surface area contributed by atoms with Gasteiger partial charge in [0.05, 0.1) is 11.7 Å². The maximum atomic E-state index is 12.4. The summed E-state index contributed by atoms with van der Waals surface area (Å²) >= 11 is 1.66. The molecule has 1 atom stereocenters. The SMILES string of the molecule is CSc1ccccc1NC(=O)C(C)N1CCC(C)CC1. The van der Waals surface area contributed by atoms with Crippen LogP contribution >= 0.6 is 11.8 Å². The number of hydrogen-bond donors (Lipinski definition) is 1. The number of likely N-dealkylation sites (tertiary alicyclic amines) is 1. The molecular weight excluding hydrogens is 268 g/mol. The Labute approximate surface area is 126 Å². The molecule has 1 aliphatic heterocycles. The van der Waals surface area contributed by atoms with E-state index in [9.17, 15) is 4.79 Å². The molecular formula is C16H24N2OS. The van der Waals surface area contributed by atoms with E-state index >= 15 is 0 Å². The van der Waals surface area contributed by atoms with Crippen LogP contribution in [0, 0.1) is 5.92 Å². The number of anilines is 1. The lowest BCUT2D eigenvalue weighted by Crippen LogP contribution is -2.45. The zero-order chi connectivity index (χ0) is 14.5. The molecule has 1 N–H and O–H groups in total. The summed E-state index contributed by atoms with van der Waals surface area (Å²) in [6.45, 7) is 6.35. The molecule has 0 aromatic heterocycles. The van der Waals surface area contributed by atoms with Crippen LogP contribution in [0.15, 0.2) is 29.2 Å². The number of nitrogens with zero attached hydrogens (tertiary/aromatic N) is 1. The van der Waals surface area contributed by atoms with Crippen molar-refractivity contribution in [2.45, 2.75) is 37.6 Å². The van der Waals surface area contributed by atoms with Crippen LogP contribution < -0.4 is 5.32 Å². The second-order valence-electron chi connectivity index (χ2n) is 5.58. The minimum Gasteiger partial charge on any atom is -0.324 e. The molecule has 1 heterocycles. The first-order chi connectivity index (χ1) is 9.61. The van der Waals surface area contributed by atoms with Crippen LogP contribution in [-0.4, -0.2) is 36.2 Å². The summed E-state index contributed by atoms with van der Waals surface area (Å²) in [4.78, 5) is 15.8. The number of piperidine rings is 1. The van der Waals surface area contributed by atoms with Gasteiger partial charge in [0.1, 0.15) is 0 Å². The standard InChI is InChI=1S/C16H24N2OS/c1-12-8-10-18(11-9-12)13(2)16(19)17-14-6-4-5-7-15(14)20-3/h4-7,12-13H,8-11H2,1-3H3,(H,17,19). The van der Waals surface area contributed by atoms with Crippen LogP contribution in [0.5, 0.6) is 0 Å². The molecule has 3 nitrogen and oxygen atoms in total. The number of hydrogen-bond acceptors (Lipinski definition) is 3. The molecule has 0 saturated carbocycles. The van der Waals surface area contributed by atoms with Crippen LogP contribution in [0.4, 0.5) is 5.69 Å². The first-order valence-electron chi connectivity index (χ1n) is 7.29. The van der Waals surface area contributed by atoms with Crippen molar-refractivity contribution in [1.82, 2.24) is 4.90 Å². The van der Waals surface area contributed by atoms with Crippen molar-refractivity contribution in [1.29, 1.82) is 0 Å². The molecule has 2 rings (SSSR count). The molecule has 1 amide bonds. The lowest BCUT2D eigenvalue weighted by atomic mass is 9.98. The molecule has 1 saturated heterocycles.